The summed E-state index contributed by atoms with van der Waals surface area (Å²) in [6.07, 6.45) is -0.886. The summed E-state index contributed by atoms with van der Waals surface area (Å²) in [6, 6.07) is -0.432. The maximum atomic E-state index is 12.2. The molecule has 1 rings (SSSR count). The molecular formula is C13H18F3N3O2. The molecule has 1 fully saturated rings. The van der Waals surface area contributed by atoms with Crippen LogP contribution in [-0.4, -0.2) is 66.6 Å². The van der Waals surface area contributed by atoms with Crippen molar-refractivity contribution < 1.29 is 22.8 Å². The highest BCUT2D eigenvalue weighted by molar-refractivity contribution is 5.81. The molecule has 21 heavy (non-hydrogen) atoms. The molecule has 5 nitrogen and oxygen atoms in total. The van der Waals surface area contributed by atoms with Crippen LogP contribution in [0.1, 0.15) is 13.3 Å². The average Bonchev–Trinajstić information content (AvgIpc) is 2.42. The largest absolute Gasteiger partial charge is 0.397 e. The third kappa shape index (κ3) is 5.63. The molecular weight excluding hydrogens is 287 g/mol. The lowest BCUT2D eigenvalue weighted by Crippen LogP contribution is -2.55. The molecule has 1 unspecified atom stereocenters. The first-order chi connectivity index (χ1) is 9.74. The number of carbonyl (C=O) groups is 2. The topological polar surface area (TPSA) is 52.7 Å². The fourth-order valence-electron chi connectivity index (χ4n) is 2.09. The molecule has 1 saturated heterocycles. The molecule has 1 aliphatic rings. The summed E-state index contributed by atoms with van der Waals surface area (Å²) in [5, 5.41) is 2.55. The number of rotatable bonds is 4. The van der Waals surface area contributed by atoms with E-state index in [-0.39, 0.29) is 25.5 Å². The van der Waals surface area contributed by atoms with E-state index in [1.807, 2.05) is 4.90 Å². The first-order valence-electron chi connectivity index (χ1n) is 6.54. The van der Waals surface area contributed by atoms with Crippen LogP contribution in [0.3, 0.4) is 0 Å². The standard InChI is InChI=1S/C13H18F3N3O2/c1-3-4-17-12(21)10(2)18-5-7-19(8-6-18)11(20)9-13(14,15)16/h1,10H,4-9H2,2H3,(H,17,21). The molecule has 1 heterocycles. The fourth-order valence-corrected chi connectivity index (χ4v) is 2.09. The lowest BCUT2D eigenvalue weighted by molar-refractivity contribution is -0.162. The smallest absolute Gasteiger partial charge is 0.344 e. The van der Waals surface area contributed by atoms with Crippen molar-refractivity contribution >= 4 is 11.8 Å². The van der Waals surface area contributed by atoms with Crippen molar-refractivity contribution in [3.8, 4) is 12.3 Å². The predicted octanol–water partition coefficient (Wildman–Crippen LogP) is 0.221. The molecule has 0 spiro atoms. The van der Waals surface area contributed by atoms with Crippen LogP contribution in [0.25, 0.3) is 0 Å². The summed E-state index contributed by atoms with van der Waals surface area (Å²) in [4.78, 5) is 26.2. The van der Waals surface area contributed by atoms with Gasteiger partial charge in [-0.25, -0.2) is 0 Å². The Morgan fingerprint density at radius 1 is 1.29 bits per heavy atom. The van der Waals surface area contributed by atoms with E-state index in [4.69, 9.17) is 6.42 Å². The van der Waals surface area contributed by atoms with E-state index in [9.17, 15) is 22.8 Å². The Labute approximate surface area is 121 Å². The van der Waals surface area contributed by atoms with Crippen molar-refractivity contribution in [2.75, 3.05) is 32.7 Å². The Morgan fingerprint density at radius 3 is 2.33 bits per heavy atom. The molecule has 0 aliphatic carbocycles. The summed E-state index contributed by atoms with van der Waals surface area (Å²) in [7, 11) is 0. The van der Waals surface area contributed by atoms with Crippen LogP contribution in [0, 0.1) is 12.3 Å². The normalized spacial score (nSPS) is 18.0. The van der Waals surface area contributed by atoms with E-state index in [0.717, 1.165) is 0 Å². The van der Waals surface area contributed by atoms with Crippen LogP contribution in [0.2, 0.25) is 0 Å². The van der Waals surface area contributed by atoms with Crippen LogP contribution < -0.4 is 5.32 Å². The lowest BCUT2D eigenvalue weighted by atomic mass is 10.2. The summed E-state index contributed by atoms with van der Waals surface area (Å²) in [6.45, 7) is 2.90. The van der Waals surface area contributed by atoms with E-state index < -0.39 is 24.5 Å². The Balaban J connectivity index is 2.43. The molecule has 0 aromatic carbocycles. The Hall–Kier alpha value is -1.75. The monoisotopic (exact) mass is 305 g/mol. The molecule has 2 amide bonds. The lowest BCUT2D eigenvalue weighted by Gasteiger charge is -2.37. The number of terminal acetylenes is 1. The van der Waals surface area contributed by atoms with Crippen molar-refractivity contribution in [3.05, 3.63) is 0 Å². The van der Waals surface area contributed by atoms with Gasteiger partial charge in [0.15, 0.2) is 0 Å². The van der Waals surface area contributed by atoms with Crippen molar-refractivity contribution in [1.82, 2.24) is 15.1 Å². The number of alkyl halides is 3. The molecule has 1 atom stereocenters. The van der Waals surface area contributed by atoms with Gasteiger partial charge in [0.25, 0.3) is 0 Å². The first kappa shape index (κ1) is 17.3. The highest BCUT2D eigenvalue weighted by Crippen LogP contribution is 2.21. The van der Waals surface area contributed by atoms with Crippen molar-refractivity contribution in [1.29, 1.82) is 0 Å². The molecule has 1 aliphatic heterocycles. The van der Waals surface area contributed by atoms with Crippen molar-refractivity contribution in [2.24, 2.45) is 0 Å². The van der Waals surface area contributed by atoms with E-state index in [1.54, 1.807) is 6.92 Å². The zero-order valence-electron chi connectivity index (χ0n) is 11.7. The van der Waals surface area contributed by atoms with Crippen LogP contribution in [0.4, 0.5) is 13.2 Å². The van der Waals surface area contributed by atoms with Crippen LogP contribution in [-0.2, 0) is 9.59 Å². The third-order valence-electron chi connectivity index (χ3n) is 3.31. The van der Waals surface area contributed by atoms with Gasteiger partial charge in [0, 0.05) is 26.2 Å². The van der Waals surface area contributed by atoms with Crippen LogP contribution in [0.15, 0.2) is 0 Å². The summed E-state index contributed by atoms with van der Waals surface area (Å²) in [5.41, 5.74) is 0. The van der Waals surface area contributed by atoms with Gasteiger partial charge in [0.1, 0.15) is 6.42 Å². The maximum absolute atomic E-state index is 12.2. The molecule has 8 heteroatoms. The van der Waals surface area contributed by atoms with Crippen LogP contribution in [0.5, 0.6) is 0 Å². The molecule has 0 radical (unpaired) electrons. The molecule has 0 aromatic heterocycles. The Bertz CT molecular complexity index is 423. The Kier molecular flexibility index (Phi) is 6.03. The SMILES string of the molecule is C#CCNC(=O)C(C)N1CCN(C(=O)CC(F)(F)F)CC1. The fraction of sp³-hybridized carbons (Fsp3) is 0.692. The van der Waals surface area contributed by atoms with E-state index in [0.29, 0.717) is 13.1 Å². The van der Waals surface area contributed by atoms with E-state index in [1.165, 1.54) is 4.90 Å². The molecule has 0 bridgehead atoms. The summed E-state index contributed by atoms with van der Waals surface area (Å²) < 4.78 is 36.5. The molecule has 0 saturated carbocycles. The number of nitrogens with one attached hydrogen (secondary N) is 1. The van der Waals surface area contributed by atoms with Gasteiger partial charge in [-0.2, -0.15) is 13.2 Å². The minimum Gasteiger partial charge on any atom is -0.344 e. The number of piperazine rings is 1. The zero-order valence-corrected chi connectivity index (χ0v) is 11.7. The molecule has 1 N–H and O–H groups in total. The second kappa shape index (κ2) is 7.31. The van der Waals surface area contributed by atoms with Gasteiger partial charge >= 0.3 is 6.18 Å². The zero-order chi connectivity index (χ0) is 16.0. The maximum Gasteiger partial charge on any atom is 0.397 e. The minimum atomic E-state index is -4.49. The average molecular weight is 305 g/mol. The quantitative estimate of drug-likeness (QED) is 0.756. The van der Waals surface area contributed by atoms with Gasteiger partial charge in [-0.15, -0.1) is 6.42 Å². The van der Waals surface area contributed by atoms with Crippen LogP contribution >= 0.6 is 0 Å². The number of halogens is 3. The highest BCUT2D eigenvalue weighted by Gasteiger charge is 2.35. The highest BCUT2D eigenvalue weighted by atomic mass is 19.4. The van der Waals surface area contributed by atoms with Crippen molar-refractivity contribution in [2.45, 2.75) is 25.6 Å². The number of nitrogens with zero attached hydrogens (tertiary/aromatic N) is 2. The predicted molar refractivity (Wildman–Crippen MR) is 70.1 cm³/mol. The van der Waals surface area contributed by atoms with Crippen molar-refractivity contribution in [3.63, 3.8) is 0 Å². The van der Waals surface area contributed by atoms with Gasteiger partial charge < -0.3 is 10.2 Å². The number of amides is 2. The summed E-state index contributed by atoms with van der Waals surface area (Å²) >= 11 is 0. The van der Waals surface area contributed by atoms with E-state index in [2.05, 4.69) is 11.2 Å². The second-order valence-corrected chi connectivity index (χ2v) is 4.81. The van der Waals surface area contributed by atoms with Gasteiger partial charge in [-0.1, -0.05) is 5.92 Å². The number of hydrogen-bond donors (Lipinski definition) is 1. The third-order valence-corrected chi connectivity index (χ3v) is 3.31. The van der Waals surface area contributed by atoms with Gasteiger partial charge in [0.05, 0.1) is 12.6 Å². The second-order valence-electron chi connectivity index (χ2n) is 4.81. The summed E-state index contributed by atoms with van der Waals surface area (Å²) in [5.74, 6) is 1.13. The number of hydrogen-bond acceptors (Lipinski definition) is 3. The molecule has 0 aromatic rings. The van der Waals surface area contributed by atoms with E-state index >= 15 is 0 Å². The first-order valence-corrected chi connectivity index (χ1v) is 6.54. The molecule has 118 valence electrons. The number of carbonyl (C=O) groups excluding carboxylic acids is 2. The van der Waals surface area contributed by atoms with Gasteiger partial charge in [0.2, 0.25) is 11.8 Å². The Morgan fingerprint density at radius 2 is 1.86 bits per heavy atom. The van der Waals surface area contributed by atoms with Gasteiger partial charge in [-0.05, 0) is 6.92 Å². The minimum absolute atomic E-state index is 0.132. The van der Waals surface area contributed by atoms with Gasteiger partial charge in [-0.3, -0.25) is 14.5 Å².